The summed E-state index contributed by atoms with van der Waals surface area (Å²) in [4.78, 5) is 13.5. The molecule has 0 amide bonds. The SMILES string of the molecule is CN=C(NCC1CCN(Cc2nc(C)c(C)o2)CC1)N(C)Cc1cccc(Cl)c1. The lowest BCUT2D eigenvalue weighted by Gasteiger charge is -2.32. The third kappa shape index (κ3) is 6.21. The van der Waals surface area contributed by atoms with Gasteiger partial charge < -0.3 is 14.6 Å². The number of hydrogen-bond acceptors (Lipinski definition) is 4. The Morgan fingerprint density at radius 1 is 1.34 bits per heavy atom. The number of benzene rings is 1. The van der Waals surface area contributed by atoms with Crippen LogP contribution < -0.4 is 5.32 Å². The molecule has 0 bridgehead atoms. The number of nitrogens with zero attached hydrogens (tertiary/aromatic N) is 4. The first-order valence-electron chi connectivity index (χ1n) is 10.3. The Morgan fingerprint density at radius 3 is 2.72 bits per heavy atom. The number of aliphatic imine (C=N–C) groups is 1. The monoisotopic (exact) mass is 417 g/mol. The quantitative estimate of drug-likeness (QED) is 0.571. The Morgan fingerprint density at radius 2 is 2.10 bits per heavy atom. The zero-order chi connectivity index (χ0) is 20.8. The molecule has 1 aliphatic heterocycles. The van der Waals surface area contributed by atoms with Crippen molar-refractivity contribution >= 4 is 17.6 Å². The van der Waals surface area contributed by atoms with Gasteiger partial charge in [0, 0.05) is 32.2 Å². The molecule has 0 saturated carbocycles. The smallest absolute Gasteiger partial charge is 0.208 e. The van der Waals surface area contributed by atoms with Crippen LogP contribution in [0.2, 0.25) is 5.02 Å². The van der Waals surface area contributed by atoms with Gasteiger partial charge in [-0.3, -0.25) is 9.89 Å². The van der Waals surface area contributed by atoms with Gasteiger partial charge in [-0.05, 0) is 63.4 Å². The highest BCUT2D eigenvalue weighted by Gasteiger charge is 2.21. The van der Waals surface area contributed by atoms with E-state index in [1.54, 1.807) is 0 Å². The number of guanidine groups is 1. The van der Waals surface area contributed by atoms with Crippen LogP contribution in [0, 0.1) is 19.8 Å². The van der Waals surface area contributed by atoms with Crippen LogP contribution in [0.5, 0.6) is 0 Å². The van der Waals surface area contributed by atoms with Crippen molar-refractivity contribution < 1.29 is 4.42 Å². The maximum Gasteiger partial charge on any atom is 0.208 e. The van der Waals surface area contributed by atoms with E-state index in [4.69, 9.17) is 16.0 Å². The Labute approximate surface area is 179 Å². The summed E-state index contributed by atoms with van der Waals surface area (Å²) in [5.41, 5.74) is 2.17. The molecule has 1 saturated heterocycles. The van der Waals surface area contributed by atoms with Gasteiger partial charge in [-0.25, -0.2) is 4.98 Å². The van der Waals surface area contributed by atoms with Crippen molar-refractivity contribution in [1.82, 2.24) is 20.1 Å². The summed E-state index contributed by atoms with van der Waals surface area (Å²) in [6.45, 7) is 8.63. The van der Waals surface area contributed by atoms with E-state index in [1.165, 1.54) is 18.4 Å². The van der Waals surface area contributed by atoms with Gasteiger partial charge in [0.05, 0.1) is 12.2 Å². The van der Waals surface area contributed by atoms with Crippen molar-refractivity contribution in [3.63, 3.8) is 0 Å². The minimum atomic E-state index is 0.649. The van der Waals surface area contributed by atoms with E-state index < -0.39 is 0 Å². The predicted molar refractivity (Wildman–Crippen MR) is 118 cm³/mol. The average molecular weight is 418 g/mol. The largest absolute Gasteiger partial charge is 0.444 e. The lowest BCUT2D eigenvalue weighted by Crippen LogP contribution is -2.43. The third-order valence-corrected chi connectivity index (χ3v) is 5.80. The summed E-state index contributed by atoms with van der Waals surface area (Å²) in [6, 6.07) is 7.96. The summed E-state index contributed by atoms with van der Waals surface area (Å²) in [7, 11) is 3.89. The molecule has 6 nitrogen and oxygen atoms in total. The van der Waals surface area contributed by atoms with Crippen molar-refractivity contribution in [2.24, 2.45) is 10.9 Å². The maximum atomic E-state index is 6.10. The van der Waals surface area contributed by atoms with E-state index >= 15 is 0 Å². The van der Waals surface area contributed by atoms with Crippen molar-refractivity contribution in [1.29, 1.82) is 0 Å². The summed E-state index contributed by atoms with van der Waals surface area (Å²) >= 11 is 6.10. The summed E-state index contributed by atoms with van der Waals surface area (Å²) in [6.07, 6.45) is 2.33. The fourth-order valence-corrected chi connectivity index (χ4v) is 3.96. The minimum absolute atomic E-state index is 0.649. The molecule has 2 heterocycles. The summed E-state index contributed by atoms with van der Waals surface area (Å²) in [5, 5.41) is 4.31. The highest BCUT2D eigenvalue weighted by Crippen LogP contribution is 2.19. The molecule has 29 heavy (non-hydrogen) atoms. The van der Waals surface area contributed by atoms with E-state index in [0.29, 0.717) is 5.92 Å². The normalized spacial score (nSPS) is 16.2. The van der Waals surface area contributed by atoms with Gasteiger partial charge in [0.15, 0.2) is 5.96 Å². The van der Waals surface area contributed by atoms with Gasteiger partial charge in [-0.2, -0.15) is 0 Å². The molecule has 0 spiro atoms. The van der Waals surface area contributed by atoms with Gasteiger partial charge in [-0.15, -0.1) is 0 Å². The molecular formula is C22H32ClN5O. The predicted octanol–water partition coefficient (Wildman–Crippen LogP) is 3.86. The van der Waals surface area contributed by atoms with Crippen LogP contribution >= 0.6 is 11.6 Å². The Bertz CT molecular complexity index is 807. The van der Waals surface area contributed by atoms with Crippen LogP contribution in [0.4, 0.5) is 0 Å². The van der Waals surface area contributed by atoms with Crippen LogP contribution in [-0.4, -0.2) is 54.5 Å². The number of halogens is 1. The van der Waals surface area contributed by atoms with E-state index in [1.807, 2.05) is 39.1 Å². The van der Waals surface area contributed by atoms with Crippen LogP contribution in [-0.2, 0) is 13.1 Å². The Kier molecular flexibility index (Phi) is 7.56. The molecule has 1 aliphatic rings. The van der Waals surface area contributed by atoms with Crippen molar-refractivity contribution in [2.75, 3.05) is 33.7 Å². The number of oxazole rings is 1. The summed E-state index contributed by atoms with van der Waals surface area (Å²) < 4.78 is 5.73. The fraction of sp³-hybridized carbons (Fsp3) is 0.545. The first kappa shape index (κ1) is 21.7. The molecule has 3 rings (SSSR count). The standard InChI is InChI=1S/C22H32ClN5O/c1-16-17(2)29-21(26-16)15-28-10-8-18(9-11-28)13-25-22(24-3)27(4)14-19-6-5-7-20(23)12-19/h5-7,12,18H,8-11,13-15H2,1-4H3,(H,24,25). The minimum Gasteiger partial charge on any atom is -0.444 e. The van der Waals surface area contributed by atoms with Crippen LogP contribution in [0.15, 0.2) is 33.7 Å². The molecule has 158 valence electrons. The molecule has 0 unspecified atom stereocenters. The number of nitrogens with one attached hydrogen (secondary N) is 1. The Hall–Kier alpha value is -2.05. The first-order chi connectivity index (χ1) is 13.9. The molecule has 1 aromatic carbocycles. The van der Waals surface area contributed by atoms with Crippen molar-refractivity contribution in [3.05, 3.63) is 52.2 Å². The molecule has 0 aliphatic carbocycles. The van der Waals surface area contributed by atoms with Gasteiger partial charge in [0.1, 0.15) is 5.76 Å². The lowest BCUT2D eigenvalue weighted by atomic mass is 9.97. The second-order valence-electron chi connectivity index (χ2n) is 7.88. The van der Waals surface area contributed by atoms with E-state index in [9.17, 15) is 0 Å². The zero-order valence-electron chi connectivity index (χ0n) is 17.9. The fourth-order valence-electron chi connectivity index (χ4n) is 3.75. The second-order valence-corrected chi connectivity index (χ2v) is 8.32. The molecule has 1 fully saturated rings. The van der Waals surface area contributed by atoms with Gasteiger partial charge in [0.25, 0.3) is 0 Å². The number of likely N-dealkylation sites (tertiary alicyclic amines) is 1. The highest BCUT2D eigenvalue weighted by molar-refractivity contribution is 6.30. The zero-order valence-corrected chi connectivity index (χ0v) is 18.7. The summed E-state index contributed by atoms with van der Waals surface area (Å²) in [5.74, 6) is 3.32. The van der Waals surface area contributed by atoms with Crippen molar-refractivity contribution in [3.8, 4) is 0 Å². The topological polar surface area (TPSA) is 56.9 Å². The average Bonchev–Trinajstić information content (AvgIpc) is 3.00. The van der Waals surface area contributed by atoms with Crippen molar-refractivity contribution in [2.45, 2.75) is 39.8 Å². The molecular weight excluding hydrogens is 386 g/mol. The van der Waals surface area contributed by atoms with Gasteiger partial charge >= 0.3 is 0 Å². The highest BCUT2D eigenvalue weighted by atomic mass is 35.5. The van der Waals surface area contributed by atoms with Crippen LogP contribution in [0.3, 0.4) is 0 Å². The van der Waals surface area contributed by atoms with Crippen LogP contribution in [0.25, 0.3) is 0 Å². The molecule has 1 N–H and O–H groups in total. The number of piperidine rings is 1. The molecule has 1 aromatic heterocycles. The lowest BCUT2D eigenvalue weighted by molar-refractivity contribution is 0.163. The van der Waals surface area contributed by atoms with Gasteiger partial charge in [-0.1, -0.05) is 23.7 Å². The maximum absolute atomic E-state index is 6.10. The number of aromatic nitrogens is 1. The first-order valence-corrected chi connectivity index (χ1v) is 10.6. The molecule has 0 atom stereocenters. The molecule has 7 heteroatoms. The van der Waals surface area contributed by atoms with Crippen LogP contribution in [0.1, 0.15) is 35.7 Å². The van der Waals surface area contributed by atoms with E-state index in [0.717, 1.165) is 61.1 Å². The number of aryl methyl sites for hydroxylation is 2. The number of rotatable bonds is 6. The molecule has 0 radical (unpaired) electrons. The second kappa shape index (κ2) is 10.1. The van der Waals surface area contributed by atoms with Gasteiger partial charge in [0.2, 0.25) is 5.89 Å². The number of hydrogen-bond donors (Lipinski definition) is 1. The molecule has 2 aromatic rings. The Balaban J connectivity index is 1.42. The van der Waals surface area contributed by atoms with E-state index in [-0.39, 0.29) is 0 Å². The van der Waals surface area contributed by atoms with E-state index in [2.05, 4.69) is 38.2 Å². The third-order valence-electron chi connectivity index (χ3n) is 5.57.